The summed E-state index contributed by atoms with van der Waals surface area (Å²) in [7, 11) is 0. The van der Waals surface area contributed by atoms with Crippen molar-refractivity contribution < 1.29 is 18.8 Å². The largest absolute Gasteiger partial charge is 0.493 e. The molecule has 0 saturated carbocycles. The Hall–Kier alpha value is -2.94. The van der Waals surface area contributed by atoms with Crippen LogP contribution in [0.5, 0.6) is 5.75 Å². The van der Waals surface area contributed by atoms with Gasteiger partial charge in [-0.1, -0.05) is 25.1 Å². The van der Waals surface area contributed by atoms with Crippen LogP contribution >= 0.6 is 0 Å². The molecule has 3 rings (SSSR count). The van der Waals surface area contributed by atoms with Crippen LogP contribution in [0.4, 0.5) is 0 Å². The van der Waals surface area contributed by atoms with E-state index in [2.05, 4.69) is 39.5 Å². The van der Waals surface area contributed by atoms with Crippen molar-refractivity contribution in [1.82, 2.24) is 25.7 Å². The highest BCUT2D eigenvalue weighted by Gasteiger charge is 2.21. The minimum atomic E-state index is -0.240. The molecule has 2 aromatic rings. The van der Waals surface area contributed by atoms with Crippen LogP contribution in [0.1, 0.15) is 67.2 Å². The van der Waals surface area contributed by atoms with E-state index < -0.39 is 0 Å². The van der Waals surface area contributed by atoms with Crippen LogP contribution in [-0.2, 0) is 17.9 Å². The molecular formula is C24H35N5O4. The number of nitrogens with one attached hydrogen (secondary N) is 2. The van der Waals surface area contributed by atoms with Crippen molar-refractivity contribution >= 4 is 11.8 Å². The average Bonchev–Trinajstić information content (AvgIpc) is 3.20. The number of aryl methyl sites for hydroxylation is 1. The van der Waals surface area contributed by atoms with Gasteiger partial charge in [0.25, 0.3) is 5.91 Å². The lowest BCUT2D eigenvalue weighted by molar-refractivity contribution is -0.122. The number of hydrogen-bond donors (Lipinski definition) is 2. The van der Waals surface area contributed by atoms with Gasteiger partial charge in [0.15, 0.2) is 5.82 Å². The Kier molecular flexibility index (Phi) is 9.24. The standard InChI is InChI=1S/C24H35N5O4/c1-17(2)10-12-29-15-20-19(24(31)26-14-22-27-18(3)33-28-22)8-7-9-21(20)32-13-6-4-5-11-25-23(30)16-29/h7-9,17H,4-6,10-16H2,1-3H3,(H,25,30)(H,26,31). The van der Waals surface area contributed by atoms with E-state index in [0.717, 1.165) is 37.8 Å². The number of benzene rings is 1. The predicted molar refractivity (Wildman–Crippen MR) is 124 cm³/mol. The Morgan fingerprint density at radius 2 is 2.09 bits per heavy atom. The minimum Gasteiger partial charge on any atom is -0.493 e. The first kappa shape index (κ1) is 24.7. The maximum Gasteiger partial charge on any atom is 0.252 e. The zero-order valence-electron chi connectivity index (χ0n) is 19.9. The first-order valence-corrected chi connectivity index (χ1v) is 11.7. The minimum absolute atomic E-state index is 0.00915. The second kappa shape index (κ2) is 12.3. The fourth-order valence-electron chi connectivity index (χ4n) is 3.70. The van der Waals surface area contributed by atoms with Gasteiger partial charge in [0.05, 0.1) is 19.7 Å². The molecule has 9 heteroatoms. The smallest absolute Gasteiger partial charge is 0.252 e. The monoisotopic (exact) mass is 457 g/mol. The second-order valence-electron chi connectivity index (χ2n) is 8.85. The van der Waals surface area contributed by atoms with E-state index >= 15 is 0 Å². The third-order valence-corrected chi connectivity index (χ3v) is 5.53. The van der Waals surface area contributed by atoms with Crippen LogP contribution in [0.2, 0.25) is 0 Å². The van der Waals surface area contributed by atoms with Gasteiger partial charge in [0, 0.05) is 31.1 Å². The Balaban J connectivity index is 1.85. The molecule has 1 aliphatic heterocycles. The van der Waals surface area contributed by atoms with Gasteiger partial charge in [-0.15, -0.1) is 0 Å². The van der Waals surface area contributed by atoms with Crippen LogP contribution in [0.15, 0.2) is 22.7 Å². The summed E-state index contributed by atoms with van der Waals surface area (Å²) >= 11 is 0. The average molecular weight is 458 g/mol. The van der Waals surface area contributed by atoms with Gasteiger partial charge in [0.1, 0.15) is 5.75 Å². The molecule has 180 valence electrons. The highest BCUT2D eigenvalue weighted by atomic mass is 16.5. The number of carbonyl (C=O) groups excluding carboxylic acids is 2. The van der Waals surface area contributed by atoms with Gasteiger partial charge < -0.3 is 19.9 Å². The van der Waals surface area contributed by atoms with Gasteiger partial charge in [-0.3, -0.25) is 14.5 Å². The molecule has 0 radical (unpaired) electrons. The molecule has 0 fully saturated rings. The molecule has 0 aliphatic carbocycles. The third-order valence-electron chi connectivity index (χ3n) is 5.53. The van der Waals surface area contributed by atoms with Crippen LogP contribution in [-0.4, -0.2) is 53.1 Å². The van der Waals surface area contributed by atoms with Crippen molar-refractivity contribution in [3.8, 4) is 5.75 Å². The fourth-order valence-corrected chi connectivity index (χ4v) is 3.70. The zero-order chi connectivity index (χ0) is 23.6. The molecule has 1 aliphatic rings. The number of rotatable bonds is 6. The van der Waals surface area contributed by atoms with Crippen LogP contribution in [0.3, 0.4) is 0 Å². The van der Waals surface area contributed by atoms with Crippen molar-refractivity contribution in [2.75, 3.05) is 26.2 Å². The molecule has 9 nitrogen and oxygen atoms in total. The number of amides is 2. The fraction of sp³-hybridized carbons (Fsp3) is 0.583. The number of aromatic nitrogens is 2. The third kappa shape index (κ3) is 7.85. The van der Waals surface area contributed by atoms with Crippen molar-refractivity contribution in [1.29, 1.82) is 0 Å². The normalized spacial score (nSPS) is 16.1. The van der Waals surface area contributed by atoms with E-state index in [1.165, 1.54) is 0 Å². The van der Waals surface area contributed by atoms with Crippen LogP contribution in [0, 0.1) is 12.8 Å². The molecule has 0 bridgehead atoms. The maximum absolute atomic E-state index is 13.1. The van der Waals surface area contributed by atoms with Gasteiger partial charge in [-0.2, -0.15) is 4.98 Å². The van der Waals surface area contributed by atoms with E-state index in [1.807, 2.05) is 12.1 Å². The van der Waals surface area contributed by atoms with E-state index in [1.54, 1.807) is 13.0 Å². The number of ether oxygens (including phenoxy) is 1. The number of nitrogens with zero attached hydrogens (tertiary/aromatic N) is 3. The summed E-state index contributed by atoms with van der Waals surface area (Å²) in [6.07, 6.45) is 3.73. The van der Waals surface area contributed by atoms with Gasteiger partial charge in [-0.25, -0.2) is 0 Å². The summed E-state index contributed by atoms with van der Waals surface area (Å²) < 4.78 is 11.1. The van der Waals surface area contributed by atoms with Gasteiger partial charge >= 0.3 is 0 Å². The summed E-state index contributed by atoms with van der Waals surface area (Å²) in [5.41, 5.74) is 1.31. The molecule has 33 heavy (non-hydrogen) atoms. The Labute approximate surface area is 195 Å². The van der Waals surface area contributed by atoms with Crippen molar-refractivity contribution in [3.63, 3.8) is 0 Å². The maximum atomic E-state index is 13.1. The van der Waals surface area contributed by atoms with Gasteiger partial charge in [-0.05, 0) is 50.3 Å². The molecule has 0 unspecified atom stereocenters. The molecule has 2 N–H and O–H groups in total. The molecule has 0 atom stereocenters. The second-order valence-corrected chi connectivity index (χ2v) is 8.85. The highest BCUT2D eigenvalue weighted by molar-refractivity contribution is 5.96. The number of carbonyl (C=O) groups is 2. The summed E-state index contributed by atoms with van der Waals surface area (Å²) in [6.45, 7) is 8.92. The Morgan fingerprint density at radius 3 is 2.85 bits per heavy atom. The van der Waals surface area contributed by atoms with E-state index in [4.69, 9.17) is 9.26 Å². The predicted octanol–water partition coefficient (Wildman–Crippen LogP) is 2.84. The van der Waals surface area contributed by atoms with Crippen LogP contribution < -0.4 is 15.4 Å². The summed E-state index contributed by atoms with van der Waals surface area (Å²) in [4.78, 5) is 31.9. The molecule has 1 aromatic carbocycles. The van der Waals surface area contributed by atoms with E-state index in [0.29, 0.717) is 48.6 Å². The number of fused-ring (bicyclic) bond motifs is 1. The Bertz CT molecular complexity index is 927. The quantitative estimate of drug-likeness (QED) is 0.686. The molecule has 0 saturated heterocycles. The summed E-state index contributed by atoms with van der Waals surface area (Å²) in [5, 5.41) is 9.72. The van der Waals surface area contributed by atoms with Crippen molar-refractivity contribution in [2.24, 2.45) is 5.92 Å². The summed E-state index contributed by atoms with van der Waals surface area (Å²) in [6, 6.07) is 5.52. The van der Waals surface area contributed by atoms with Gasteiger partial charge in [0.2, 0.25) is 11.8 Å². The van der Waals surface area contributed by atoms with E-state index in [-0.39, 0.29) is 24.9 Å². The first-order valence-electron chi connectivity index (χ1n) is 11.7. The van der Waals surface area contributed by atoms with Crippen molar-refractivity contribution in [3.05, 3.63) is 41.0 Å². The molecule has 2 amide bonds. The lowest BCUT2D eigenvalue weighted by Crippen LogP contribution is -2.38. The Morgan fingerprint density at radius 1 is 1.24 bits per heavy atom. The molecular weight excluding hydrogens is 422 g/mol. The van der Waals surface area contributed by atoms with E-state index in [9.17, 15) is 9.59 Å². The van der Waals surface area contributed by atoms with Crippen LogP contribution in [0.25, 0.3) is 0 Å². The molecule has 2 heterocycles. The molecule has 1 aromatic heterocycles. The summed E-state index contributed by atoms with van der Waals surface area (Å²) in [5.74, 6) is 1.83. The highest BCUT2D eigenvalue weighted by Crippen LogP contribution is 2.26. The lowest BCUT2D eigenvalue weighted by atomic mass is 10.0. The van der Waals surface area contributed by atoms with Crippen molar-refractivity contribution in [2.45, 2.75) is 59.5 Å². The SMILES string of the molecule is Cc1nc(CNC(=O)c2cccc3c2CN(CCC(C)C)CC(=O)NCCCCCO3)no1. The lowest BCUT2D eigenvalue weighted by Gasteiger charge is -2.25. The first-order chi connectivity index (χ1) is 15.9. The number of hydrogen-bond acceptors (Lipinski definition) is 7. The molecule has 0 spiro atoms. The topological polar surface area (TPSA) is 110 Å². The zero-order valence-corrected chi connectivity index (χ0v) is 19.9.